The number of hydrogen-bond acceptors (Lipinski definition) is 4. The summed E-state index contributed by atoms with van der Waals surface area (Å²) in [5, 5.41) is 6.66. The molecule has 0 saturated carbocycles. The van der Waals surface area contributed by atoms with E-state index in [4.69, 9.17) is 9.72 Å². The quantitative estimate of drug-likeness (QED) is 0.850. The first-order valence-electron chi connectivity index (χ1n) is 5.57. The van der Waals surface area contributed by atoms with Gasteiger partial charge in [0.2, 0.25) is 0 Å². The summed E-state index contributed by atoms with van der Waals surface area (Å²) < 4.78 is 5.36. The summed E-state index contributed by atoms with van der Waals surface area (Å²) in [7, 11) is 1.98. The van der Waals surface area contributed by atoms with E-state index < -0.39 is 0 Å². The molecule has 1 saturated heterocycles. The molecule has 1 N–H and O–H groups in total. The lowest BCUT2D eigenvalue weighted by molar-refractivity contribution is 0.0852. The van der Waals surface area contributed by atoms with Gasteiger partial charge in [-0.15, -0.1) is 11.3 Å². The van der Waals surface area contributed by atoms with Crippen molar-refractivity contribution in [1.82, 2.24) is 10.3 Å². The third-order valence-corrected chi connectivity index (χ3v) is 3.83. The Morgan fingerprint density at radius 2 is 2.33 bits per heavy atom. The Morgan fingerprint density at radius 3 is 3.07 bits per heavy atom. The van der Waals surface area contributed by atoms with E-state index in [1.54, 1.807) is 0 Å². The molecule has 0 amide bonds. The van der Waals surface area contributed by atoms with E-state index in [0.29, 0.717) is 5.92 Å². The minimum Gasteiger partial charge on any atom is -0.381 e. The standard InChI is InChI=1S/C11H18N2OS/c1-12-5-2-10-8-15-11(13-10)9-3-6-14-7-4-9/h8-9,12H,2-7H2,1H3. The Kier molecular flexibility index (Phi) is 4.11. The molecule has 1 fully saturated rings. The molecule has 0 bridgehead atoms. The highest BCUT2D eigenvalue weighted by atomic mass is 32.1. The lowest BCUT2D eigenvalue weighted by Gasteiger charge is -2.19. The monoisotopic (exact) mass is 226 g/mol. The van der Waals surface area contributed by atoms with Gasteiger partial charge in [0.25, 0.3) is 0 Å². The third-order valence-electron chi connectivity index (χ3n) is 2.77. The Hall–Kier alpha value is -0.450. The van der Waals surface area contributed by atoms with Crippen LogP contribution < -0.4 is 5.32 Å². The van der Waals surface area contributed by atoms with Crippen molar-refractivity contribution >= 4 is 11.3 Å². The van der Waals surface area contributed by atoms with Crippen LogP contribution in [0.3, 0.4) is 0 Å². The van der Waals surface area contributed by atoms with Crippen molar-refractivity contribution in [2.24, 2.45) is 0 Å². The number of ether oxygens (including phenoxy) is 1. The zero-order valence-corrected chi connectivity index (χ0v) is 9.98. The van der Waals surface area contributed by atoms with Crippen LogP contribution in [-0.2, 0) is 11.2 Å². The van der Waals surface area contributed by atoms with E-state index in [2.05, 4.69) is 10.7 Å². The van der Waals surface area contributed by atoms with Crippen molar-refractivity contribution in [3.63, 3.8) is 0 Å². The second kappa shape index (κ2) is 5.58. The van der Waals surface area contributed by atoms with Crippen LogP contribution in [0.1, 0.15) is 29.5 Å². The summed E-state index contributed by atoms with van der Waals surface area (Å²) in [6, 6.07) is 0. The Bertz CT molecular complexity index is 295. The van der Waals surface area contributed by atoms with Crippen LogP contribution in [0.4, 0.5) is 0 Å². The van der Waals surface area contributed by atoms with Gasteiger partial charge in [0.1, 0.15) is 0 Å². The molecular formula is C11H18N2OS. The van der Waals surface area contributed by atoms with Gasteiger partial charge in [-0.05, 0) is 19.9 Å². The van der Waals surface area contributed by atoms with E-state index in [-0.39, 0.29) is 0 Å². The van der Waals surface area contributed by atoms with Crippen molar-refractivity contribution in [1.29, 1.82) is 0 Å². The topological polar surface area (TPSA) is 34.1 Å². The smallest absolute Gasteiger partial charge is 0.0960 e. The molecule has 1 aliphatic rings. The van der Waals surface area contributed by atoms with Gasteiger partial charge in [0, 0.05) is 37.5 Å². The first-order valence-corrected chi connectivity index (χ1v) is 6.44. The zero-order valence-electron chi connectivity index (χ0n) is 9.16. The second-order valence-corrected chi connectivity index (χ2v) is 4.81. The predicted octanol–water partition coefficient (Wildman–Crippen LogP) is 1.80. The molecule has 4 heteroatoms. The molecule has 0 atom stereocenters. The van der Waals surface area contributed by atoms with Gasteiger partial charge >= 0.3 is 0 Å². The lowest BCUT2D eigenvalue weighted by Crippen LogP contribution is -2.14. The maximum absolute atomic E-state index is 5.36. The molecule has 0 radical (unpaired) electrons. The van der Waals surface area contributed by atoms with Gasteiger partial charge in [-0.3, -0.25) is 0 Å². The number of likely N-dealkylation sites (N-methyl/N-ethyl adjacent to an activating group) is 1. The summed E-state index contributed by atoms with van der Waals surface area (Å²) in [6.45, 7) is 2.81. The molecule has 2 heterocycles. The lowest BCUT2D eigenvalue weighted by atomic mass is 10.0. The number of aromatic nitrogens is 1. The van der Waals surface area contributed by atoms with Crippen LogP contribution in [0.2, 0.25) is 0 Å². The molecule has 0 unspecified atom stereocenters. The molecule has 0 spiro atoms. The summed E-state index contributed by atoms with van der Waals surface area (Å²) >= 11 is 1.81. The van der Waals surface area contributed by atoms with Crippen LogP contribution >= 0.6 is 11.3 Å². The number of rotatable bonds is 4. The van der Waals surface area contributed by atoms with Crippen molar-refractivity contribution < 1.29 is 4.74 Å². The van der Waals surface area contributed by atoms with E-state index >= 15 is 0 Å². The molecule has 1 aromatic rings. The highest BCUT2D eigenvalue weighted by Gasteiger charge is 2.18. The molecular weight excluding hydrogens is 208 g/mol. The van der Waals surface area contributed by atoms with Gasteiger partial charge in [0.05, 0.1) is 10.7 Å². The Balaban J connectivity index is 1.93. The molecule has 15 heavy (non-hydrogen) atoms. The summed E-state index contributed by atoms with van der Waals surface area (Å²) in [4.78, 5) is 4.69. The Morgan fingerprint density at radius 1 is 1.53 bits per heavy atom. The van der Waals surface area contributed by atoms with Gasteiger partial charge < -0.3 is 10.1 Å². The summed E-state index contributed by atoms with van der Waals surface area (Å²) in [5.74, 6) is 0.645. The van der Waals surface area contributed by atoms with Crippen LogP contribution in [0, 0.1) is 0 Å². The molecule has 2 rings (SSSR count). The maximum Gasteiger partial charge on any atom is 0.0960 e. The fourth-order valence-corrected chi connectivity index (χ4v) is 2.85. The fraction of sp³-hybridized carbons (Fsp3) is 0.727. The van der Waals surface area contributed by atoms with Gasteiger partial charge in [-0.1, -0.05) is 0 Å². The molecule has 0 aliphatic carbocycles. The normalized spacial score (nSPS) is 18.2. The minimum absolute atomic E-state index is 0.645. The maximum atomic E-state index is 5.36. The average Bonchev–Trinajstić information content (AvgIpc) is 2.76. The second-order valence-electron chi connectivity index (χ2n) is 3.92. The first kappa shape index (κ1) is 11.0. The van der Waals surface area contributed by atoms with E-state index in [0.717, 1.165) is 39.0 Å². The molecule has 0 aromatic carbocycles. The van der Waals surface area contributed by atoms with Crippen LogP contribution in [0.25, 0.3) is 0 Å². The van der Waals surface area contributed by atoms with Gasteiger partial charge in [0.15, 0.2) is 0 Å². The molecule has 1 aromatic heterocycles. The minimum atomic E-state index is 0.645. The summed E-state index contributed by atoms with van der Waals surface area (Å²) in [5.41, 5.74) is 1.23. The van der Waals surface area contributed by atoms with Crippen molar-refractivity contribution in [2.75, 3.05) is 26.8 Å². The molecule has 84 valence electrons. The van der Waals surface area contributed by atoms with Crippen molar-refractivity contribution in [3.05, 3.63) is 16.1 Å². The van der Waals surface area contributed by atoms with E-state index in [1.165, 1.54) is 10.7 Å². The van der Waals surface area contributed by atoms with Crippen molar-refractivity contribution in [3.8, 4) is 0 Å². The average molecular weight is 226 g/mol. The first-order chi connectivity index (χ1) is 7.40. The highest BCUT2D eigenvalue weighted by Crippen LogP contribution is 2.29. The molecule has 3 nitrogen and oxygen atoms in total. The number of nitrogens with one attached hydrogen (secondary N) is 1. The predicted molar refractivity (Wildman–Crippen MR) is 62.5 cm³/mol. The van der Waals surface area contributed by atoms with Crippen LogP contribution in [0.15, 0.2) is 5.38 Å². The zero-order chi connectivity index (χ0) is 10.5. The van der Waals surface area contributed by atoms with E-state index in [1.807, 2.05) is 18.4 Å². The van der Waals surface area contributed by atoms with Gasteiger partial charge in [-0.25, -0.2) is 4.98 Å². The molecule has 1 aliphatic heterocycles. The fourth-order valence-electron chi connectivity index (χ4n) is 1.82. The highest BCUT2D eigenvalue weighted by molar-refractivity contribution is 7.09. The van der Waals surface area contributed by atoms with Crippen LogP contribution in [0.5, 0.6) is 0 Å². The van der Waals surface area contributed by atoms with E-state index in [9.17, 15) is 0 Å². The number of nitrogens with zero attached hydrogens (tertiary/aromatic N) is 1. The summed E-state index contributed by atoms with van der Waals surface area (Å²) in [6.07, 6.45) is 3.31. The van der Waals surface area contributed by atoms with Gasteiger partial charge in [-0.2, -0.15) is 0 Å². The SMILES string of the molecule is CNCCc1csc(C2CCOCC2)n1. The third kappa shape index (κ3) is 3.00. The number of thiazole rings is 1. The largest absolute Gasteiger partial charge is 0.381 e. The van der Waals surface area contributed by atoms with Crippen molar-refractivity contribution in [2.45, 2.75) is 25.2 Å². The Labute approximate surface area is 94.9 Å². The number of hydrogen-bond donors (Lipinski definition) is 1. The van der Waals surface area contributed by atoms with Crippen LogP contribution in [-0.4, -0.2) is 31.8 Å².